The first-order valence-corrected chi connectivity index (χ1v) is 10.6. The van der Waals surface area contributed by atoms with Crippen LogP contribution in [0.15, 0.2) is 23.1 Å². The number of hydrogen-bond acceptors (Lipinski definition) is 5. The van der Waals surface area contributed by atoms with Crippen molar-refractivity contribution in [3.05, 3.63) is 28.8 Å². The third-order valence-corrected chi connectivity index (χ3v) is 6.55. The van der Waals surface area contributed by atoms with Gasteiger partial charge in [0, 0.05) is 13.1 Å². The van der Waals surface area contributed by atoms with E-state index in [4.69, 9.17) is 11.6 Å². The number of hydrogen-bond donors (Lipinski definition) is 1. The topological polar surface area (TPSA) is 92.8 Å². The van der Waals surface area contributed by atoms with Crippen molar-refractivity contribution in [3.63, 3.8) is 0 Å². The van der Waals surface area contributed by atoms with Crippen molar-refractivity contribution in [1.82, 2.24) is 9.62 Å². The van der Waals surface area contributed by atoms with E-state index in [1.807, 2.05) is 0 Å². The molecule has 1 heterocycles. The average Bonchev–Trinajstić information content (AvgIpc) is 2.94. The molecule has 2 rings (SSSR count). The van der Waals surface area contributed by atoms with Gasteiger partial charge in [0.15, 0.2) is 6.61 Å². The Morgan fingerprint density at radius 1 is 1.14 bits per heavy atom. The number of ether oxygens (including phenoxy) is 1. The Bertz CT molecular complexity index is 853. The predicted molar refractivity (Wildman–Crippen MR) is 98.0 cm³/mol. The lowest BCUT2D eigenvalue weighted by molar-refractivity contribution is -0.140. The minimum atomic E-state index is -4.59. The Morgan fingerprint density at radius 2 is 1.76 bits per heavy atom. The van der Waals surface area contributed by atoms with Gasteiger partial charge in [0.2, 0.25) is 10.0 Å². The number of benzene rings is 1. The van der Waals surface area contributed by atoms with Gasteiger partial charge in [-0.25, -0.2) is 13.2 Å². The van der Waals surface area contributed by atoms with Crippen molar-refractivity contribution in [2.75, 3.05) is 26.2 Å². The zero-order valence-corrected chi connectivity index (χ0v) is 16.9. The molecule has 1 saturated heterocycles. The van der Waals surface area contributed by atoms with Crippen LogP contribution in [-0.2, 0) is 19.6 Å². The highest BCUT2D eigenvalue weighted by molar-refractivity contribution is 7.89. The molecule has 1 N–H and O–H groups in total. The van der Waals surface area contributed by atoms with Crippen LogP contribution >= 0.6 is 11.6 Å². The lowest BCUT2D eigenvalue weighted by atomic mass is 10.2. The maximum Gasteiger partial charge on any atom is 0.405 e. The first-order valence-electron chi connectivity index (χ1n) is 8.81. The van der Waals surface area contributed by atoms with Crippen molar-refractivity contribution in [3.8, 4) is 0 Å². The van der Waals surface area contributed by atoms with Crippen molar-refractivity contribution >= 4 is 33.5 Å². The van der Waals surface area contributed by atoms with Crippen molar-refractivity contribution in [2.45, 2.75) is 36.8 Å². The summed E-state index contributed by atoms with van der Waals surface area (Å²) >= 11 is 6.03. The zero-order valence-electron chi connectivity index (χ0n) is 15.3. The van der Waals surface area contributed by atoms with E-state index in [0.29, 0.717) is 25.9 Å². The van der Waals surface area contributed by atoms with E-state index in [-0.39, 0.29) is 15.5 Å². The van der Waals surface area contributed by atoms with E-state index < -0.39 is 41.2 Å². The summed E-state index contributed by atoms with van der Waals surface area (Å²) in [5.41, 5.74) is -0.189. The number of carbonyl (C=O) groups excluding carboxylic acids is 2. The van der Waals surface area contributed by atoms with Crippen LogP contribution in [0.3, 0.4) is 0 Å². The van der Waals surface area contributed by atoms with Crippen LogP contribution in [0.4, 0.5) is 13.2 Å². The summed E-state index contributed by atoms with van der Waals surface area (Å²) in [6, 6.07) is 3.46. The molecule has 1 aromatic rings. The molecule has 1 aliphatic rings. The second kappa shape index (κ2) is 9.77. The molecule has 1 fully saturated rings. The molecular weight excluding hydrogens is 437 g/mol. The van der Waals surface area contributed by atoms with Gasteiger partial charge in [-0.1, -0.05) is 24.4 Å². The Labute approximate surface area is 171 Å². The molecule has 1 aliphatic heterocycles. The molecule has 0 unspecified atom stereocenters. The molecule has 7 nitrogen and oxygen atoms in total. The Balaban J connectivity index is 2.09. The summed E-state index contributed by atoms with van der Waals surface area (Å²) in [5.74, 6) is -2.20. The second-order valence-corrected chi connectivity index (χ2v) is 8.75. The largest absolute Gasteiger partial charge is 0.452 e. The fourth-order valence-electron chi connectivity index (χ4n) is 2.71. The molecule has 0 radical (unpaired) electrons. The van der Waals surface area contributed by atoms with Gasteiger partial charge >= 0.3 is 12.1 Å². The monoisotopic (exact) mass is 456 g/mol. The van der Waals surface area contributed by atoms with Gasteiger partial charge in [0.05, 0.1) is 10.6 Å². The molecule has 0 aliphatic carbocycles. The first kappa shape index (κ1) is 23.4. The van der Waals surface area contributed by atoms with E-state index in [2.05, 4.69) is 4.74 Å². The second-order valence-electron chi connectivity index (χ2n) is 6.43. The number of amides is 1. The van der Waals surface area contributed by atoms with Gasteiger partial charge in [-0.05, 0) is 31.0 Å². The Hall–Kier alpha value is -1.85. The number of nitrogens with one attached hydrogen (secondary N) is 1. The first-order chi connectivity index (χ1) is 13.5. The number of alkyl halides is 3. The molecule has 0 aromatic heterocycles. The molecule has 12 heteroatoms. The maximum absolute atomic E-state index is 12.9. The van der Waals surface area contributed by atoms with Crippen molar-refractivity contribution < 1.29 is 35.9 Å². The standard InChI is InChI=1S/C17H20ClF3N2O5S/c18-13-6-5-12(16(25)28-10-15(24)22-11-17(19,20)21)9-14(13)29(26,27)23-7-3-1-2-4-8-23/h5-6,9H,1-4,7-8,10-11H2,(H,22,24). The summed E-state index contributed by atoms with van der Waals surface area (Å²) < 4.78 is 67.9. The van der Waals surface area contributed by atoms with Crippen molar-refractivity contribution in [2.24, 2.45) is 0 Å². The van der Waals surface area contributed by atoms with Crippen LogP contribution < -0.4 is 5.32 Å². The number of esters is 1. The van der Waals surface area contributed by atoms with E-state index >= 15 is 0 Å². The van der Waals surface area contributed by atoms with Crippen LogP contribution in [0.2, 0.25) is 5.02 Å². The van der Waals surface area contributed by atoms with Gasteiger partial charge in [0.1, 0.15) is 11.4 Å². The van der Waals surface area contributed by atoms with Crippen LogP contribution in [0.25, 0.3) is 0 Å². The van der Waals surface area contributed by atoms with Gasteiger partial charge in [-0.15, -0.1) is 0 Å². The summed E-state index contributed by atoms with van der Waals surface area (Å²) in [6.45, 7) is -1.81. The smallest absolute Gasteiger partial charge is 0.405 e. The van der Waals surface area contributed by atoms with Gasteiger partial charge in [-0.2, -0.15) is 17.5 Å². The molecule has 162 valence electrons. The molecular formula is C17H20ClF3N2O5S. The third kappa shape index (κ3) is 6.86. The van der Waals surface area contributed by atoms with Gasteiger partial charge < -0.3 is 10.1 Å². The highest BCUT2D eigenvalue weighted by atomic mass is 35.5. The fraction of sp³-hybridized carbons (Fsp3) is 0.529. The number of nitrogens with zero attached hydrogens (tertiary/aromatic N) is 1. The highest BCUT2D eigenvalue weighted by Gasteiger charge is 2.29. The van der Waals surface area contributed by atoms with E-state index in [0.717, 1.165) is 18.9 Å². The molecule has 1 aromatic carbocycles. The normalized spacial score (nSPS) is 16.1. The zero-order chi connectivity index (χ0) is 21.7. The summed E-state index contributed by atoms with van der Waals surface area (Å²) in [6.07, 6.45) is -1.32. The molecule has 0 bridgehead atoms. The minimum absolute atomic E-state index is 0.0753. The summed E-state index contributed by atoms with van der Waals surface area (Å²) in [7, 11) is -3.94. The van der Waals surface area contributed by atoms with Crippen LogP contribution in [0.5, 0.6) is 0 Å². The van der Waals surface area contributed by atoms with Crippen LogP contribution in [0, 0.1) is 0 Å². The van der Waals surface area contributed by atoms with Gasteiger partial charge in [-0.3, -0.25) is 4.79 Å². The molecule has 0 spiro atoms. The van der Waals surface area contributed by atoms with E-state index in [1.54, 1.807) is 5.32 Å². The summed E-state index contributed by atoms with van der Waals surface area (Å²) in [4.78, 5) is 23.2. The SMILES string of the molecule is O=C(COC(=O)c1ccc(Cl)c(S(=O)(=O)N2CCCCCC2)c1)NCC(F)(F)F. The number of carbonyl (C=O) groups is 2. The van der Waals surface area contributed by atoms with Gasteiger partial charge in [0.25, 0.3) is 5.91 Å². The average molecular weight is 457 g/mol. The van der Waals surface area contributed by atoms with Crippen LogP contribution in [-0.4, -0.2) is 57.0 Å². The predicted octanol–water partition coefficient (Wildman–Crippen LogP) is 2.74. The van der Waals surface area contributed by atoms with Crippen LogP contribution in [0.1, 0.15) is 36.0 Å². The maximum atomic E-state index is 12.9. The summed E-state index contributed by atoms with van der Waals surface area (Å²) in [5, 5.41) is 1.48. The Morgan fingerprint density at radius 3 is 2.34 bits per heavy atom. The third-order valence-electron chi connectivity index (χ3n) is 4.17. The number of rotatable bonds is 6. The van der Waals surface area contributed by atoms with Crippen molar-refractivity contribution in [1.29, 1.82) is 0 Å². The van der Waals surface area contributed by atoms with E-state index in [9.17, 15) is 31.2 Å². The lowest BCUT2D eigenvalue weighted by Crippen LogP contribution is -2.36. The number of sulfonamides is 1. The van der Waals surface area contributed by atoms with E-state index in [1.165, 1.54) is 16.4 Å². The Kier molecular flexibility index (Phi) is 7.89. The molecule has 1 amide bonds. The molecule has 29 heavy (non-hydrogen) atoms. The lowest BCUT2D eigenvalue weighted by Gasteiger charge is -2.21. The fourth-order valence-corrected chi connectivity index (χ4v) is 4.73. The molecule has 0 saturated carbocycles. The quantitative estimate of drug-likeness (QED) is 0.664. The highest BCUT2D eigenvalue weighted by Crippen LogP contribution is 2.28. The number of halogens is 4. The molecule has 0 atom stereocenters. The minimum Gasteiger partial charge on any atom is -0.452 e.